The molecule has 1 amide bonds. The van der Waals surface area contributed by atoms with E-state index in [-0.39, 0.29) is 18.0 Å². The summed E-state index contributed by atoms with van der Waals surface area (Å²) in [5.74, 6) is -0.164. The molecule has 25 heavy (non-hydrogen) atoms. The van der Waals surface area contributed by atoms with E-state index in [2.05, 4.69) is 15.3 Å². The maximum absolute atomic E-state index is 12.5. The van der Waals surface area contributed by atoms with E-state index in [1.165, 1.54) is 37.0 Å². The molecule has 0 unspecified atom stereocenters. The Bertz CT molecular complexity index is 794. The molecule has 0 aliphatic carbocycles. The Kier molecular flexibility index (Phi) is 5.81. The lowest BCUT2D eigenvalue weighted by atomic mass is 10.1. The number of hydrogen-bond acceptors (Lipinski definition) is 4. The molecule has 1 fully saturated rings. The predicted octanol–water partition coefficient (Wildman–Crippen LogP) is 1.70. The van der Waals surface area contributed by atoms with Crippen LogP contribution in [0.25, 0.3) is 10.8 Å². The Balaban J connectivity index is 1.53. The lowest BCUT2D eigenvalue weighted by Crippen LogP contribution is -2.36. The predicted molar refractivity (Wildman–Crippen MR) is 98.7 cm³/mol. The minimum absolute atomic E-state index is 0.0335. The summed E-state index contributed by atoms with van der Waals surface area (Å²) in [6.45, 7) is 5.82. The van der Waals surface area contributed by atoms with Crippen LogP contribution in [-0.4, -0.2) is 46.8 Å². The number of aromatic nitrogens is 2. The van der Waals surface area contributed by atoms with Gasteiger partial charge in [-0.25, -0.2) is 4.68 Å². The van der Waals surface area contributed by atoms with Crippen molar-refractivity contribution in [1.82, 2.24) is 20.0 Å². The van der Waals surface area contributed by atoms with Crippen molar-refractivity contribution < 1.29 is 4.79 Å². The van der Waals surface area contributed by atoms with Crippen LogP contribution in [0.1, 0.15) is 31.4 Å². The van der Waals surface area contributed by atoms with E-state index in [1.54, 1.807) is 6.07 Å². The minimum atomic E-state index is -0.218. The second-order valence-corrected chi connectivity index (χ2v) is 6.70. The molecule has 1 saturated heterocycles. The molecular formula is C19H26N4O2. The van der Waals surface area contributed by atoms with Gasteiger partial charge in [-0.3, -0.25) is 9.59 Å². The monoisotopic (exact) mass is 342 g/mol. The summed E-state index contributed by atoms with van der Waals surface area (Å²) in [6, 6.07) is 7.37. The normalized spacial score (nSPS) is 15.4. The molecule has 2 heterocycles. The number of carbonyl (C=O) groups excluding carboxylic acids is 1. The third kappa shape index (κ3) is 4.45. The van der Waals surface area contributed by atoms with Gasteiger partial charge in [-0.15, -0.1) is 0 Å². The van der Waals surface area contributed by atoms with Crippen LogP contribution in [0.3, 0.4) is 0 Å². The molecule has 0 radical (unpaired) electrons. The number of aryl methyl sites for hydroxylation is 1. The van der Waals surface area contributed by atoms with Crippen LogP contribution in [0.4, 0.5) is 0 Å². The van der Waals surface area contributed by atoms with E-state index in [4.69, 9.17) is 0 Å². The molecule has 2 aromatic rings. The number of carbonyl (C=O) groups is 1. The molecule has 1 aromatic carbocycles. The fraction of sp³-hybridized carbons (Fsp3) is 0.526. The number of hydrogen-bond donors (Lipinski definition) is 1. The van der Waals surface area contributed by atoms with E-state index < -0.39 is 0 Å². The van der Waals surface area contributed by atoms with Gasteiger partial charge in [-0.2, -0.15) is 5.10 Å². The highest BCUT2D eigenvalue weighted by Gasteiger charge is 2.12. The average molecular weight is 342 g/mol. The first-order chi connectivity index (χ1) is 12.1. The van der Waals surface area contributed by atoms with E-state index in [1.807, 2.05) is 25.1 Å². The van der Waals surface area contributed by atoms with Gasteiger partial charge in [0.2, 0.25) is 5.91 Å². The summed E-state index contributed by atoms with van der Waals surface area (Å²) in [5, 5.41) is 8.62. The third-order valence-electron chi connectivity index (χ3n) is 4.77. The summed E-state index contributed by atoms with van der Waals surface area (Å²) in [7, 11) is 0. The molecule has 6 heteroatoms. The molecule has 3 rings (SSSR count). The van der Waals surface area contributed by atoms with Crippen molar-refractivity contribution in [2.75, 3.05) is 26.2 Å². The highest BCUT2D eigenvalue weighted by Crippen LogP contribution is 2.11. The highest BCUT2D eigenvalue weighted by atomic mass is 16.2. The van der Waals surface area contributed by atoms with E-state index in [9.17, 15) is 9.59 Å². The number of nitrogens with one attached hydrogen (secondary N) is 1. The lowest BCUT2D eigenvalue weighted by molar-refractivity contribution is -0.121. The van der Waals surface area contributed by atoms with Crippen molar-refractivity contribution in [2.45, 2.75) is 39.2 Å². The van der Waals surface area contributed by atoms with Crippen molar-refractivity contribution in [3.8, 4) is 0 Å². The maximum Gasteiger partial charge on any atom is 0.275 e. The zero-order valence-corrected chi connectivity index (χ0v) is 14.8. The topological polar surface area (TPSA) is 67.2 Å². The van der Waals surface area contributed by atoms with Crippen LogP contribution in [-0.2, 0) is 11.3 Å². The number of amides is 1. The highest BCUT2D eigenvalue weighted by molar-refractivity contribution is 5.83. The molecule has 0 saturated carbocycles. The number of nitrogens with zero attached hydrogens (tertiary/aromatic N) is 3. The minimum Gasteiger partial charge on any atom is -0.354 e. The standard InChI is InChI=1S/C19H26N4O2/c1-15-16-8-3-4-9-17(16)19(25)23(21-15)14-18(24)20-10-7-13-22-11-5-2-6-12-22/h3-4,8-9H,2,5-7,10-14H2,1H3,(H,20,24). The van der Waals surface area contributed by atoms with Gasteiger partial charge < -0.3 is 10.2 Å². The summed E-state index contributed by atoms with van der Waals surface area (Å²) in [6.07, 6.45) is 4.83. The summed E-state index contributed by atoms with van der Waals surface area (Å²) in [5.41, 5.74) is 0.540. The van der Waals surface area contributed by atoms with Gasteiger partial charge in [0, 0.05) is 11.9 Å². The molecule has 0 bridgehead atoms. The Morgan fingerprint density at radius 2 is 1.88 bits per heavy atom. The molecule has 6 nitrogen and oxygen atoms in total. The molecule has 1 N–H and O–H groups in total. The van der Waals surface area contributed by atoms with Gasteiger partial charge >= 0.3 is 0 Å². The lowest BCUT2D eigenvalue weighted by Gasteiger charge is -2.26. The number of piperidine rings is 1. The van der Waals surface area contributed by atoms with Crippen LogP contribution in [0, 0.1) is 6.92 Å². The maximum atomic E-state index is 12.5. The van der Waals surface area contributed by atoms with Crippen LogP contribution in [0.2, 0.25) is 0 Å². The van der Waals surface area contributed by atoms with Crippen LogP contribution in [0.15, 0.2) is 29.1 Å². The van der Waals surface area contributed by atoms with E-state index >= 15 is 0 Å². The Morgan fingerprint density at radius 1 is 1.16 bits per heavy atom. The first kappa shape index (κ1) is 17.6. The molecule has 0 atom stereocenters. The van der Waals surface area contributed by atoms with Crippen LogP contribution < -0.4 is 10.9 Å². The number of rotatable bonds is 6. The third-order valence-corrected chi connectivity index (χ3v) is 4.77. The summed E-state index contributed by atoms with van der Waals surface area (Å²) >= 11 is 0. The van der Waals surface area contributed by atoms with Crippen LogP contribution in [0.5, 0.6) is 0 Å². The quantitative estimate of drug-likeness (QED) is 0.812. The Hall–Kier alpha value is -2.21. The van der Waals surface area contributed by atoms with Crippen molar-refractivity contribution in [1.29, 1.82) is 0 Å². The van der Waals surface area contributed by atoms with Gasteiger partial charge in [0.1, 0.15) is 6.54 Å². The van der Waals surface area contributed by atoms with Crippen molar-refractivity contribution in [3.05, 3.63) is 40.3 Å². The van der Waals surface area contributed by atoms with Gasteiger partial charge in [0.15, 0.2) is 0 Å². The molecular weight excluding hydrogens is 316 g/mol. The fourth-order valence-corrected chi connectivity index (χ4v) is 3.42. The SMILES string of the molecule is Cc1nn(CC(=O)NCCCN2CCCCC2)c(=O)c2ccccc12. The Morgan fingerprint density at radius 3 is 2.64 bits per heavy atom. The van der Waals surface area contributed by atoms with Gasteiger partial charge in [-0.05, 0) is 51.9 Å². The van der Waals surface area contributed by atoms with Crippen molar-refractivity contribution >= 4 is 16.7 Å². The zero-order chi connectivity index (χ0) is 17.6. The smallest absolute Gasteiger partial charge is 0.275 e. The first-order valence-electron chi connectivity index (χ1n) is 9.10. The second-order valence-electron chi connectivity index (χ2n) is 6.70. The Labute approximate surface area is 147 Å². The fourth-order valence-electron chi connectivity index (χ4n) is 3.42. The number of likely N-dealkylation sites (tertiary alicyclic amines) is 1. The molecule has 1 aliphatic heterocycles. The molecule has 1 aliphatic rings. The van der Waals surface area contributed by atoms with E-state index in [0.717, 1.165) is 24.0 Å². The van der Waals surface area contributed by atoms with Gasteiger partial charge in [0.25, 0.3) is 5.56 Å². The summed E-state index contributed by atoms with van der Waals surface area (Å²) in [4.78, 5) is 27.1. The zero-order valence-electron chi connectivity index (χ0n) is 14.8. The molecule has 0 spiro atoms. The average Bonchev–Trinajstić information content (AvgIpc) is 2.64. The largest absolute Gasteiger partial charge is 0.354 e. The van der Waals surface area contributed by atoms with Crippen molar-refractivity contribution in [2.24, 2.45) is 0 Å². The van der Waals surface area contributed by atoms with Gasteiger partial charge in [-0.1, -0.05) is 24.6 Å². The van der Waals surface area contributed by atoms with Crippen LogP contribution >= 0.6 is 0 Å². The van der Waals surface area contributed by atoms with E-state index in [0.29, 0.717) is 11.9 Å². The summed E-state index contributed by atoms with van der Waals surface area (Å²) < 4.78 is 1.26. The second kappa shape index (κ2) is 8.25. The molecule has 134 valence electrons. The number of fused-ring (bicyclic) bond motifs is 1. The number of benzene rings is 1. The molecule has 1 aromatic heterocycles. The van der Waals surface area contributed by atoms with Crippen molar-refractivity contribution in [3.63, 3.8) is 0 Å². The first-order valence-corrected chi connectivity index (χ1v) is 9.10. The van der Waals surface area contributed by atoms with Gasteiger partial charge in [0.05, 0.1) is 11.1 Å².